The van der Waals surface area contributed by atoms with Crippen molar-refractivity contribution in [3.05, 3.63) is 70.7 Å². The van der Waals surface area contributed by atoms with Crippen molar-refractivity contribution in [1.29, 1.82) is 0 Å². The first kappa shape index (κ1) is 21.4. The van der Waals surface area contributed by atoms with Gasteiger partial charge in [0, 0.05) is 17.6 Å². The lowest BCUT2D eigenvalue weighted by molar-refractivity contribution is -0.140. The second-order valence-corrected chi connectivity index (χ2v) is 8.20. The third-order valence-corrected chi connectivity index (χ3v) is 5.98. The molecule has 0 radical (unpaired) electrons. The van der Waals surface area contributed by atoms with E-state index in [1.165, 1.54) is 6.42 Å². The summed E-state index contributed by atoms with van der Waals surface area (Å²) in [6.07, 6.45) is 5.82. The monoisotopic (exact) mass is 412 g/mol. The first-order chi connectivity index (χ1) is 14.0. The van der Waals surface area contributed by atoms with Crippen LogP contribution in [0.15, 0.2) is 54.6 Å². The number of nitrogens with zero attached hydrogens (tertiary/aromatic N) is 1. The molecule has 1 fully saturated rings. The summed E-state index contributed by atoms with van der Waals surface area (Å²) in [6.45, 7) is 2.11. The van der Waals surface area contributed by atoms with Gasteiger partial charge < -0.3 is 10.2 Å². The molecule has 0 aliphatic heterocycles. The molecule has 0 unspecified atom stereocenters. The molecule has 2 amide bonds. The van der Waals surface area contributed by atoms with Crippen LogP contribution in [-0.2, 0) is 22.6 Å². The van der Waals surface area contributed by atoms with Crippen LogP contribution in [0.5, 0.6) is 0 Å². The predicted octanol–water partition coefficient (Wildman–Crippen LogP) is 4.75. The molecule has 1 aliphatic carbocycles. The zero-order chi connectivity index (χ0) is 20.6. The number of rotatable bonds is 7. The first-order valence-electron chi connectivity index (χ1n) is 10.4. The number of hydrogen-bond donors (Lipinski definition) is 1. The molecule has 0 saturated heterocycles. The maximum atomic E-state index is 13.2. The van der Waals surface area contributed by atoms with Crippen LogP contribution in [0.25, 0.3) is 0 Å². The van der Waals surface area contributed by atoms with Crippen LogP contribution >= 0.6 is 11.6 Å². The molecule has 4 nitrogen and oxygen atoms in total. The standard InChI is InChI=1S/C24H29ClN2O2/c1-18(24(29)26-21-13-6-3-7-14-21)27(17-20-12-8-9-15-22(20)25)23(28)16-19-10-4-2-5-11-19/h2,4-5,8-12,15,18,21H,3,6-7,13-14,16-17H2,1H3,(H,26,29)/t18-/m0/s1. The smallest absolute Gasteiger partial charge is 0.242 e. The molecule has 2 aromatic carbocycles. The van der Waals surface area contributed by atoms with Crippen molar-refractivity contribution in [2.24, 2.45) is 0 Å². The molecule has 1 saturated carbocycles. The molecule has 0 aromatic heterocycles. The molecule has 1 atom stereocenters. The van der Waals surface area contributed by atoms with Crippen molar-refractivity contribution in [3.8, 4) is 0 Å². The normalized spacial score (nSPS) is 15.5. The van der Waals surface area contributed by atoms with Gasteiger partial charge in [0.05, 0.1) is 6.42 Å². The minimum Gasteiger partial charge on any atom is -0.352 e. The van der Waals surface area contributed by atoms with Crippen LogP contribution in [0.1, 0.15) is 50.2 Å². The van der Waals surface area contributed by atoms with Gasteiger partial charge in [0.1, 0.15) is 6.04 Å². The number of halogens is 1. The van der Waals surface area contributed by atoms with Crippen molar-refractivity contribution >= 4 is 23.4 Å². The molecule has 5 heteroatoms. The van der Waals surface area contributed by atoms with E-state index in [0.717, 1.165) is 36.8 Å². The van der Waals surface area contributed by atoms with Gasteiger partial charge in [-0.25, -0.2) is 0 Å². The van der Waals surface area contributed by atoms with Gasteiger partial charge in [0.15, 0.2) is 0 Å². The summed E-state index contributed by atoms with van der Waals surface area (Å²) in [6, 6.07) is 16.7. The lowest BCUT2D eigenvalue weighted by Crippen LogP contribution is -2.50. The Morgan fingerprint density at radius 3 is 2.38 bits per heavy atom. The quantitative estimate of drug-likeness (QED) is 0.713. The van der Waals surface area contributed by atoms with Gasteiger partial charge in [0.2, 0.25) is 11.8 Å². The molecular weight excluding hydrogens is 384 g/mol. The Kier molecular flexibility index (Phi) is 7.70. The second kappa shape index (κ2) is 10.4. The van der Waals surface area contributed by atoms with Gasteiger partial charge >= 0.3 is 0 Å². The predicted molar refractivity (Wildman–Crippen MR) is 117 cm³/mol. The number of carbonyl (C=O) groups excluding carboxylic acids is 2. The van der Waals surface area contributed by atoms with E-state index in [2.05, 4.69) is 5.32 Å². The molecule has 1 N–H and O–H groups in total. The lowest BCUT2D eigenvalue weighted by atomic mass is 9.95. The first-order valence-corrected chi connectivity index (χ1v) is 10.8. The zero-order valence-electron chi connectivity index (χ0n) is 16.9. The van der Waals surface area contributed by atoms with E-state index in [1.807, 2.05) is 54.6 Å². The third kappa shape index (κ3) is 6.07. The van der Waals surface area contributed by atoms with E-state index < -0.39 is 6.04 Å². The average molecular weight is 413 g/mol. The largest absolute Gasteiger partial charge is 0.352 e. The van der Waals surface area contributed by atoms with E-state index in [1.54, 1.807) is 11.8 Å². The summed E-state index contributed by atoms with van der Waals surface area (Å²) in [5, 5.41) is 3.75. The van der Waals surface area contributed by atoms with Crippen molar-refractivity contribution < 1.29 is 9.59 Å². The summed E-state index contributed by atoms with van der Waals surface area (Å²) in [7, 11) is 0. The molecule has 3 rings (SSSR count). The maximum absolute atomic E-state index is 13.2. The Balaban J connectivity index is 1.76. The van der Waals surface area contributed by atoms with Crippen LogP contribution in [0.4, 0.5) is 0 Å². The molecule has 154 valence electrons. The van der Waals surface area contributed by atoms with E-state index in [9.17, 15) is 9.59 Å². The van der Waals surface area contributed by atoms with Crippen molar-refractivity contribution in [3.63, 3.8) is 0 Å². The van der Waals surface area contributed by atoms with Gasteiger partial charge in [-0.15, -0.1) is 0 Å². The summed E-state index contributed by atoms with van der Waals surface area (Å²) in [5.41, 5.74) is 1.77. The molecule has 0 bridgehead atoms. The van der Waals surface area contributed by atoms with E-state index in [0.29, 0.717) is 11.6 Å². The number of carbonyl (C=O) groups is 2. The zero-order valence-corrected chi connectivity index (χ0v) is 17.7. The molecular formula is C24H29ClN2O2. The number of amides is 2. The highest BCUT2D eigenvalue weighted by Gasteiger charge is 2.28. The molecule has 1 aliphatic rings. The minimum atomic E-state index is -0.565. The van der Waals surface area contributed by atoms with Crippen LogP contribution < -0.4 is 5.32 Å². The summed E-state index contributed by atoms with van der Waals surface area (Å²) in [4.78, 5) is 27.8. The second-order valence-electron chi connectivity index (χ2n) is 7.79. The van der Waals surface area contributed by atoms with Crippen molar-refractivity contribution in [1.82, 2.24) is 10.2 Å². The third-order valence-electron chi connectivity index (χ3n) is 5.62. The van der Waals surface area contributed by atoms with Gasteiger partial charge in [0.25, 0.3) is 0 Å². The van der Waals surface area contributed by atoms with Gasteiger partial charge in [-0.2, -0.15) is 0 Å². The molecule has 2 aromatic rings. The Labute approximate surface area is 178 Å². The summed E-state index contributed by atoms with van der Waals surface area (Å²) >= 11 is 6.33. The van der Waals surface area contributed by atoms with Crippen LogP contribution in [0, 0.1) is 0 Å². The van der Waals surface area contributed by atoms with E-state index in [4.69, 9.17) is 11.6 Å². The molecule has 0 spiro atoms. The Morgan fingerprint density at radius 1 is 1.03 bits per heavy atom. The minimum absolute atomic E-state index is 0.0811. The highest BCUT2D eigenvalue weighted by atomic mass is 35.5. The average Bonchev–Trinajstić information content (AvgIpc) is 2.74. The van der Waals surface area contributed by atoms with Crippen molar-refractivity contribution in [2.45, 2.75) is 64.1 Å². The lowest BCUT2D eigenvalue weighted by Gasteiger charge is -2.31. The fourth-order valence-corrected chi connectivity index (χ4v) is 4.03. The molecule has 29 heavy (non-hydrogen) atoms. The number of hydrogen-bond acceptors (Lipinski definition) is 2. The van der Waals surface area contributed by atoms with Gasteiger partial charge in [-0.1, -0.05) is 79.4 Å². The van der Waals surface area contributed by atoms with E-state index in [-0.39, 0.29) is 24.3 Å². The topological polar surface area (TPSA) is 49.4 Å². The highest BCUT2D eigenvalue weighted by Crippen LogP contribution is 2.21. The summed E-state index contributed by atoms with van der Waals surface area (Å²) in [5.74, 6) is -0.173. The fraction of sp³-hybridized carbons (Fsp3) is 0.417. The van der Waals surface area contributed by atoms with Gasteiger partial charge in [-0.05, 0) is 37.0 Å². The van der Waals surface area contributed by atoms with Crippen molar-refractivity contribution in [2.75, 3.05) is 0 Å². The number of benzene rings is 2. The highest BCUT2D eigenvalue weighted by molar-refractivity contribution is 6.31. The van der Waals surface area contributed by atoms with Crippen LogP contribution in [0.2, 0.25) is 5.02 Å². The number of nitrogens with one attached hydrogen (secondary N) is 1. The fourth-order valence-electron chi connectivity index (χ4n) is 3.83. The Morgan fingerprint density at radius 2 is 1.69 bits per heavy atom. The van der Waals surface area contributed by atoms with Crippen LogP contribution in [-0.4, -0.2) is 28.8 Å². The maximum Gasteiger partial charge on any atom is 0.242 e. The Bertz CT molecular complexity index is 819. The summed E-state index contributed by atoms with van der Waals surface area (Å²) < 4.78 is 0. The molecule has 0 heterocycles. The SMILES string of the molecule is C[C@@H](C(=O)NC1CCCCC1)N(Cc1ccccc1Cl)C(=O)Cc1ccccc1. The van der Waals surface area contributed by atoms with Crippen LogP contribution in [0.3, 0.4) is 0 Å². The van der Waals surface area contributed by atoms with Gasteiger partial charge in [-0.3, -0.25) is 9.59 Å². The Hall–Kier alpha value is -2.33. The van der Waals surface area contributed by atoms with E-state index >= 15 is 0 Å².